The number of carbonyl (C=O) groups excluding carboxylic acids is 1. The lowest BCUT2D eigenvalue weighted by atomic mass is 10.1. The number of hydrogen-bond donors (Lipinski definition) is 2. The highest BCUT2D eigenvalue weighted by Gasteiger charge is 2.18. The molecule has 120 valence electrons. The maximum absolute atomic E-state index is 12.5. The van der Waals surface area contributed by atoms with E-state index in [1.165, 1.54) is 11.3 Å². The first kappa shape index (κ1) is 16.8. The highest BCUT2D eigenvalue weighted by Crippen LogP contribution is 2.33. The van der Waals surface area contributed by atoms with Gasteiger partial charge in [0, 0.05) is 17.3 Å². The molecule has 0 bridgehead atoms. The third-order valence-corrected chi connectivity index (χ3v) is 5.15. The van der Waals surface area contributed by atoms with Gasteiger partial charge in [-0.05, 0) is 42.5 Å². The number of benzene rings is 1. The third-order valence-electron chi connectivity index (χ3n) is 3.88. The number of hydrogen-bond acceptors (Lipinski definition) is 4. The average Bonchev–Trinajstić information content (AvgIpc) is 2.87. The Bertz CT molecular complexity index is 651. The zero-order chi connectivity index (χ0) is 16.1. The first-order valence-electron chi connectivity index (χ1n) is 7.68. The number of rotatable bonds is 7. The molecule has 1 unspecified atom stereocenters. The SMILES string of the molecule is CCCCC(CN)NC(=O)c1sc2ccc(OC)cc2c1C. The predicted octanol–water partition coefficient (Wildman–Crippen LogP) is 3.47. The van der Waals surface area contributed by atoms with Crippen molar-refractivity contribution in [3.63, 3.8) is 0 Å². The molecule has 3 N–H and O–H groups in total. The van der Waals surface area contributed by atoms with Crippen molar-refractivity contribution < 1.29 is 9.53 Å². The van der Waals surface area contributed by atoms with Crippen molar-refractivity contribution in [3.8, 4) is 5.75 Å². The number of ether oxygens (including phenoxy) is 1. The largest absolute Gasteiger partial charge is 0.497 e. The first-order chi connectivity index (χ1) is 10.6. The fourth-order valence-corrected chi connectivity index (χ4v) is 3.59. The van der Waals surface area contributed by atoms with E-state index in [1.54, 1.807) is 7.11 Å². The van der Waals surface area contributed by atoms with Gasteiger partial charge in [0.15, 0.2) is 0 Å². The molecule has 0 radical (unpaired) electrons. The van der Waals surface area contributed by atoms with Gasteiger partial charge in [-0.25, -0.2) is 0 Å². The van der Waals surface area contributed by atoms with Gasteiger partial charge in [-0.2, -0.15) is 0 Å². The molecule has 1 aromatic heterocycles. The number of fused-ring (bicyclic) bond motifs is 1. The van der Waals surface area contributed by atoms with E-state index in [0.29, 0.717) is 6.54 Å². The lowest BCUT2D eigenvalue weighted by Crippen LogP contribution is -2.40. The van der Waals surface area contributed by atoms with E-state index in [4.69, 9.17) is 10.5 Å². The second-order valence-corrected chi connectivity index (χ2v) is 6.52. The fraction of sp³-hybridized carbons (Fsp3) is 0.471. The van der Waals surface area contributed by atoms with Gasteiger partial charge in [0.25, 0.3) is 5.91 Å². The molecule has 1 amide bonds. The van der Waals surface area contributed by atoms with Crippen LogP contribution < -0.4 is 15.8 Å². The Hall–Kier alpha value is -1.59. The maximum Gasteiger partial charge on any atom is 0.261 e. The molecule has 0 saturated carbocycles. The molecule has 4 nitrogen and oxygen atoms in total. The predicted molar refractivity (Wildman–Crippen MR) is 92.9 cm³/mol. The molecule has 0 spiro atoms. The Labute approximate surface area is 135 Å². The Morgan fingerprint density at radius 1 is 1.45 bits per heavy atom. The van der Waals surface area contributed by atoms with Crippen LogP contribution in [0, 0.1) is 6.92 Å². The van der Waals surface area contributed by atoms with Gasteiger partial charge in [0.2, 0.25) is 0 Å². The highest BCUT2D eigenvalue weighted by molar-refractivity contribution is 7.21. The maximum atomic E-state index is 12.5. The fourth-order valence-electron chi connectivity index (χ4n) is 2.49. The molecule has 0 aliphatic carbocycles. The number of unbranched alkanes of at least 4 members (excludes halogenated alkanes) is 1. The van der Waals surface area contributed by atoms with Crippen molar-refractivity contribution in [1.29, 1.82) is 0 Å². The van der Waals surface area contributed by atoms with Crippen molar-refractivity contribution in [3.05, 3.63) is 28.6 Å². The van der Waals surface area contributed by atoms with Crippen LogP contribution in [-0.2, 0) is 0 Å². The van der Waals surface area contributed by atoms with E-state index in [-0.39, 0.29) is 11.9 Å². The van der Waals surface area contributed by atoms with Gasteiger partial charge < -0.3 is 15.8 Å². The average molecular weight is 320 g/mol. The normalized spacial score (nSPS) is 12.4. The van der Waals surface area contributed by atoms with Crippen LogP contribution in [0.25, 0.3) is 10.1 Å². The molecule has 5 heteroatoms. The number of thiophene rings is 1. The number of methoxy groups -OCH3 is 1. The summed E-state index contributed by atoms with van der Waals surface area (Å²) in [6.07, 6.45) is 3.11. The molecular weight excluding hydrogens is 296 g/mol. The van der Waals surface area contributed by atoms with E-state index < -0.39 is 0 Å². The van der Waals surface area contributed by atoms with Crippen molar-refractivity contribution in [2.75, 3.05) is 13.7 Å². The number of nitrogens with one attached hydrogen (secondary N) is 1. The zero-order valence-electron chi connectivity index (χ0n) is 13.4. The second-order valence-electron chi connectivity index (χ2n) is 5.47. The van der Waals surface area contributed by atoms with E-state index in [1.807, 2.05) is 25.1 Å². The number of amides is 1. The number of nitrogens with two attached hydrogens (primary N) is 1. The summed E-state index contributed by atoms with van der Waals surface area (Å²) in [4.78, 5) is 13.3. The lowest BCUT2D eigenvalue weighted by Gasteiger charge is -2.16. The summed E-state index contributed by atoms with van der Waals surface area (Å²) in [5, 5.41) is 4.14. The van der Waals surface area contributed by atoms with E-state index in [2.05, 4.69) is 12.2 Å². The zero-order valence-corrected chi connectivity index (χ0v) is 14.3. The van der Waals surface area contributed by atoms with Crippen LogP contribution in [0.4, 0.5) is 0 Å². The Kier molecular flexibility index (Phi) is 5.80. The van der Waals surface area contributed by atoms with Gasteiger partial charge in [-0.3, -0.25) is 4.79 Å². The quantitative estimate of drug-likeness (QED) is 0.821. The van der Waals surface area contributed by atoms with Crippen LogP contribution in [-0.4, -0.2) is 25.6 Å². The summed E-state index contributed by atoms with van der Waals surface area (Å²) in [5.41, 5.74) is 6.77. The van der Waals surface area contributed by atoms with Crippen LogP contribution in [0.5, 0.6) is 5.75 Å². The summed E-state index contributed by atoms with van der Waals surface area (Å²) >= 11 is 1.52. The summed E-state index contributed by atoms with van der Waals surface area (Å²) in [6.45, 7) is 4.60. The highest BCUT2D eigenvalue weighted by atomic mass is 32.1. The number of carbonyl (C=O) groups is 1. The molecule has 2 rings (SSSR count). The molecule has 0 aliphatic heterocycles. The van der Waals surface area contributed by atoms with Crippen LogP contribution in [0.1, 0.15) is 41.4 Å². The second kappa shape index (κ2) is 7.61. The summed E-state index contributed by atoms with van der Waals surface area (Å²) in [5.74, 6) is 0.785. The Morgan fingerprint density at radius 3 is 2.86 bits per heavy atom. The minimum atomic E-state index is -0.0239. The summed E-state index contributed by atoms with van der Waals surface area (Å²) < 4.78 is 6.36. The van der Waals surface area contributed by atoms with E-state index in [9.17, 15) is 4.79 Å². The van der Waals surface area contributed by atoms with Crippen LogP contribution in [0.3, 0.4) is 0 Å². The topological polar surface area (TPSA) is 64.3 Å². The molecule has 1 aromatic carbocycles. The molecular formula is C17H24N2O2S. The smallest absolute Gasteiger partial charge is 0.261 e. The molecule has 0 saturated heterocycles. The van der Waals surface area contributed by atoms with E-state index in [0.717, 1.165) is 45.5 Å². The molecule has 2 aromatic rings. The van der Waals surface area contributed by atoms with Crippen molar-refractivity contribution in [2.24, 2.45) is 5.73 Å². The van der Waals surface area contributed by atoms with Gasteiger partial charge in [0.05, 0.1) is 12.0 Å². The summed E-state index contributed by atoms with van der Waals surface area (Å²) in [7, 11) is 1.65. The Morgan fingerprint density at radius 2 is 2.23 bits per heavy atom. The minimum absolute atomic E-state index is 0.0239. The van der Waals surface area contributed by atoms with Crippen LogP contribution in [0.2, 0.25) is 0 Å². The van der Waals surface area contributed by atoms with Crippen LogP contribution >= 0.6 is 11.3 Å². The van der Waals surface area contributed by atoms with Gasteiger partial charge in [-0.15, -0.1) is 11.3 Å². The molecule has 0 aliphatic rings. The van der Waals surface area contributed by atoms with E-state index >= 15 is 0 Å². The van der Waals surface area contributed by atoms with Crippen molar-refractivity contribution in [1.82, 2.24) is 5.32 Å². The lowest BCUT2D eigenvalue weighted by molar-refractivity contribution is 0.0939. The van der Waals surface area contributed by atoms with Gasteiger partial charge in [0.1, 0.15) is 5.75 Å². The Balaban J connectivity index is 2.22. The number of aryl methyl sites for hydroxylation is 1. The standard InChI is InChI=1S/C17H24N2O2S/c1-4-5-6-12(10-18)19-17(20)16-11(2)14-9-13(21-3)7-8-15(14)22-16/h7-9,12H,4-6,10,18H2,1-3H3,(H,19,20). The monoisotopic (exact) mass is 320 g/mol. The molecule has 22 heavy (non-hydrogen) atoms. The molecule has 1 atom stereocenters. The van der Waals surface area contributed by atoms with Gasteiger partial charge in [-0.1, -0.05) is 19.8 Å². The third kappa shape index (κ3) is 3.59. The summed E-state index contributed by atoms with van der Waals surface area (Å²) in [6, 6.07) is 5.95. The van der Waals surface area contributed by atoms with Crippen molar-refractivity contribution in [2.45, 2.75) is 39.2 Å². The molecule has 0 fully saturated rings. The van der Waals surface area contributed by atoms with Crippen molar-refractivity contribution >= 4 is 27.3 Å². The van der Waals surface area contributed by atoms with Crippen LogP contribution in [0.15, 0.2) is 18.2 Å². The molecule has 1 heterocycles. The van der Waals surface area contributed by atoms with Gasteiger partial charge >= 0.3 is 0 Å². The first-order valence-corrected chi connectivity index (χ1v) is 8.50. The minimum Gasteiger partial charge on any atom is -0.497 e.